The number of carboxylic acid groups (broad SMARTS) is 1. The Labute approximate surface area is 112 Å². The zero-order valence-electron chi connectivity index (χ0n) is 11.1. The number of anilines is 1. The van der Waals surface area contributed by atoms with Crippen molar-refractivity contribution in [2.24, 2.45) is 0 Å². The van der Waals surface area contributed by atoms with Crippen molar-refractivity contribution in [3.05, 3.63) is 29.8 Å². The van der Waals surface area contributed by atoms with Gasteiger partial charge in [0.05, 0.1) is 6.42 Å². The molecule has 5 nitrogen and oxygen atoms in total. The van der Waals surface area contributed by atoms with Gasteiger partial charge in [0.15, 0.2) is 0 Å². The minimum absolute atomic E-state index is 0.163. The van der Waals surface area contributed by atoms with Gasteiger partial charge < -0.3 is 16.2 Å². The van der Waals surface area contributed by atoms with Gasteiger partial charge in [-0.1, -0.05) is 31.9 Å². The van der Waals surface area contributed by atoms with E-state index in [1.54, 1.807) is 24.3 Å². The summed E-state index contributed by atoms with van der Waals surface area (Å²) in [5.74, 6) is -1.27. The van der Waals surface area contributed by atoms with Crippen LogP contribution in [0.1, 0.15) is 31.7 Å². The Morgan fingerprint density at radius 1 is 1.32 bits per heavy atom. The molecular formula is C14H20N2O3. The average Bonchev–Trinajstić information content (AvgIpc) is 2.37. The molecular weight excluding hydrogens is 244 g/mol. The largest absolute Gasteiger partial charge is 0.480 e. The molecule has 0 bridgehead atoms. The third-order valence-electron chi connectivity index (χ3n) is 2.82. The van der Waals surface area contributed by atoms with Crippen molar-refractivity contribution in [2.45, 2.75) is 38.6 Å². The molecule has 0 saturated carbocycles. The van der Waals surface area contributed by atoms with E-state index >= 15 is 0 Å². The van der Waals surface area contributed by atoms with E-state index in [0.717, 1.165) is 18.4 Å². The highest BCUT2D eigenvalue weighted by Gasteiger charge is 2.18. The van der Waals surface area contributed by atoms with Crippen LogP contribution in [0.15, 0.2) is 24.3 Å². The molecule has 0 radical (unpaired) electrons. The van der Waals surface area contributed by atoms with Crippen molar-refractivity contribution in [1.82, 2.24) is 5.32 Å². The molecule has 5 heteroatoms. The molecule has 0 spiro atoms. The molecule has 0 fully saturated rings. The quantitative estimate of drug-likeness (QED) is 0.652. The maximum atomic E-state index is 11.8. The van der Waals surface area contributed by atoms with Crippen molar-refractivity contribution in [3.63, 3.8) is 0 Å². The topological polar surface area (TPSA) is 92.4 Å². The first-order chi connectivity index (χ1) is 9.02. The Morgan fingerprint density at radius 3 is 2.47 bits per heavy atom. The summed E-state index contributed by atoms with van der Waals surface area (Å²) in [5.41, 5.74) is 7.00. The third-order valence-corrected chi connectivity index (χ3v) is 2.82. The van der Waals surface area contributed by atoms with Gasteiger partial charge in [-0.25, -0.2) is 4.79 Å². The van der Waals surface area contributed by atoms with Crippen LogP contribution in [0.2, 0.25) is 0 Å². The summed E-state index contributed by atoms with van der Waals surface area (Å²) in [6, 6.07) is 6.15. The van der Waals surface area contributed by atoms with Gasteiger partial charge in [-0.2, -0.15) is 0 Å². The monoisotopic (exact) mass is 264 g/mol. The summed E-state index contributed by atoms with van der Waals surface area (Å²) in [5, 5.41) is 11.6. The first-order valence-electron chi connectivity index (χ1n) is 6.39. The van der Waals surface area contributed by atoms with Crippen LogP contribution in [0, 0.1) is 0 Å². The number of nitrogens with two attached hydrogens (primary N) is 1. The molecule has 0 aliphatic rings. The van der Waals surface area contributed by atoms with Crippen LogP contribution in [0.3, 0.4) is 0 Å². The van der Waals surface area contributed by atoms with Crippen LogP contribution in [-0.2, 0) is 16.0 Å². The van der Waals surface area contributed by atoms with Crippen LogP contribution in [0.25, 0.3) is 0 Å². The molecule has 0 aromatic heterocycles. The molecule has 4 N–H and O–H groups in total. The predicted molar refractivity (Wildman–Crippen MR) is 73.6 cm³/mol. The molecule has 1 rings (SSSR count). The smallest absolute Gasteiger partial charge is 0.326 e. The van der Waals surface area contributed by atoms with Crippen LogP contribution in [0.4, 0.5) is 5.69 Å². The van der Waals surface area contributed by atoms with E-state index in [-0.39, 0.29) is 12.3 Å². The first-order valence-corrected chi connectivity index (χ1v) is 6.39. The fraction of sp³-hybridized carbons (Fsp3) is 0.429. The van der Waals surface area contributed by atoms with Crippen molar-refractivity contribution >= 4 is 17.6 Å². The molecule has 1 atom stereocenters. The molecule has 1 amide bonds. The van der Waals surface area contributed by atoms with E-state index in [1.165, 1.54) is 0 Å². The number of aliphatic carboxylic acids is 1. The zero-order chi connectivity index (χ0) is 14.3. The van der Waals surface area contributed by atoms with Gasteiger partial charge in [0.25, 0.3) is 0 Å². The second-order valence-corrected chi connectivity index (χ2v) is 4.52. The van der Waals surface area contributed by atoms with Gasteiger partial charge >= 0.3 is 5.97 Å². The lowest BCUT2D eigenvalue weighted by Gasteiger charge is -2.14. The number of unbranched alkanes of at least 4 members (excludes halogenated alkanes) is 1. The molecule has 1 aromatic rings. The van der Waals surface area contributed by atoms with E-state index in [0.29, 0.717) is 12.1 Å². The summed E-state index contributed by atoms with van der Waals surface area (Å²) in [6.45, 7) is 1.98. The maximum absolute atomic E-state index is 11.8. The highest BCUT2D eigenvalue weighted by atomic mass is 16.4. The second kappa shape index (κ2) is 7.41. The van der Waals surface area contributed by atoms with Crippen molar-refractivity contribution in [3.8, 4) is 0 Å². The van der Waals surface area contributed by atoms with Gasteiger partial charge in [-0.3, -0.25) is 4.79 Å². The number of carboxylic acids is 1. The van der Waals surface area contributed by atoms with E-state index in [4.69, 9.17) is 10.8 Å². The van der Waals surface area contributed by atoms with Crippen molar-refractivity contribution in [2.75, 3.05) is 5.73 Å². The summed E-state index contributed by atoms with van der Waals surface area (Å²) >= 11 is 0. The molecule has 1 unspecified atom stereocenters. The van der Waals surface area contributed by atoms with Gasteiger partial charge in [-0.05, 0) is 24.1 Å². The Kier molecular flexibility index (Phi) is 5.85. The number of hydrogen-bond donors (Lipinski definition) is 3. The Balaban J connectivity index is 2.52. The number of amides is 1. The minimum Gasteiger partial charge on any atom is -0.480 e. The lowest BCUT2D eigenvalue weighted by atomic mass is 10.1. The highest BCUT2D eigenvalue weighted by Crippen LogP contribution is 2.07. The van der Waals surface area contributed by atoms with Gasteiger partial charge in [-0.15, -0.1) is 0 Å². The van der Waals surface area contributed by atoms with Crippen LogP contribution in [0.5, 0.6) is 0 Å². The van der Waals surface area contributed by atoms with Crippen molar-refractivity contribution in [1.29, 1.82) is 0 Å². The molecule has 0 heterocycles. The Hall–Kier alpha value is -2.04. The SMILES string of the molecule is CCCCC(NC(=O)Cc1ccc(N)cc1)C(=O)O. The van der Waals surface area contributed by atoms with Crippen LogP contribution >= 0.6 is 0 Å². The van der Waals surface area contributed by atoms with Crippen LogP contribution < -0.4 is 11.1 Å². The fourth-order valence-electron chi connectivity index (χ4n) is 1.73. The predicted octanol–water partition coefficient (Wildman–Crippen LogP) is 1.57. The number of hydrogen-bond acceptors (Lipinski definition) is 3. The number of carbonyl (C=O) groups excluding carboxylic acids is 1. The summed E-state index contributed by atoms with van der Waals surface area (Å²) in [4.78, 5) is 22.8. The third kappa shape index (κ3) is 5.42. The average molecular weight is 264 g/mol. The molecule has 0 aliphatic carbocycles. The number of benzene rings is 1. The standard InChI is InChI=1S/C14H20N2O3/c1-2-3-4-12(14(18)19)16-13(17)9-10-5-7-11(15)8-6-10/h5-8,12H,2-4,9,15H2,1H3,(H,16,17)(H,18,19). The van der Waals surface area contributed by atoms with Crippen molar-refractivity contribution < 1.29 is 14.7 Å². The van der Waals surface area contributed by atoms with Gasteiger partial charge in [0.2, 0.25) is 5.91 Å². The van der Waals surface area contributed by atoms with Crippen LogP contribution in [-0.4, -0.2) is 23.0 Å². The maximum Gasteiger partial charge on any atom is 0.326 e. The molecule has 0 saturated heterocycles. The number of nitrogens with one attached hydrogen (secondary N) is 1. The van der Waals surface area contributed by atoms with E-state index in [2.05, 4.69) is 5.32 Å². The number of nitrogen functional groups attached to an aromatic ring is 1. The first kappa shape index (κ1) is 15.0. The minimum atomic E-state index is -0.987. The van der Waals surface area contributed by atoms with Gasteiger partial charge in [0.1, 0.15) is 6.04 Å². The van der Waals surface area contributed by atoms with E-state index < -0.39 is 12.0 Å². The summed E-state index contributed by atoms with van der Waals surface area (Å²) < 4.78 is 0. The Bertz CT molecular complexity index is 429. The lowest BCUT2D eigenvalue weighted by Crippen LogP contribution is -2.41. The summed E-state index contributed by atoms with van der Waals surface area (Å²) in [7, 11) is 0. The number of rotatable bonds is 7. The lowest BCUT2D eigenvalue weighted by molar-refractivity contribution is -0.142. The Morgan fingerprint density at radius 2 is 1.95 bits per heavy atom. The summed E-state index contributed by atoms with van der Waals surface area (Å²) in [6.07, 6.45) is 2.30. The van der Waals surface area contributed by atoms with E-state index in [9.17, 15) is 9.59 Å². The normalized spacial score (nSPS) is 11.8. The second-order valence-electron chi connectivity index (χ2n) is 4.52. The zero-order valence-corrected chi connectivity index (χ0v) is 11.1. The number of carbonyl (C=O) groups is 2. The molecule has 19 heavy (non-hydrogen) atoms. The van der Waals surface area contributed by atoms with Gasteiger partial charge in [0, 0.05) is 5.69 Å². The molecule has 0 aliphatic heterocycles. The fourth-order valence-corrected chi connectivity index (χ4v) is 1.73. The molecule has 104 valence electrons. The van der Waals surface area contributed by atoms with E-state index in [1.807, 2.05) is 6.92 Å². The molecule has 1 aromatic carbocycles. The highest BCUT2D eigenvalue weighted by molar-refractivity contribution is 5.84.